The Morgan fingerprint density at radius 3 is 1.85 bits per heavy atom. The van der Waals surface area contributed by atoms with Gasteiger partial charge in [-0.1, -0.05) is 48.7 Å². The molecule has 0 aromatic heterocycles. The van der Waals surface area contributed by atoms with Crippen molar-refractivity contribution in [3.63, 3.8) is 0 Å². The molecule has 0 radical (unpaired) electrons. The summed E-state index contributed by atoms with van der Waals surface area (Å²) >= 11 is 0. The SMILES string of the molecule is CCCCCC[Si](O)(O[SiH2]C=C(C)C)O[SiH2]C=C(C)C. The molecule has 0 amide bonds. The number of rotatable bonds is 11. The molecular weight excluding hydrogens is 300 g/mol. The van der Waals surface area contributed by atoms with Crippen LogP contribution in [0.15, 0.2) is 22.5 Å². The number of allylic oxidation sites excluding steroid dienone is 2. The van der Waals surface area contributed by atoms with E-state index >= 15 is 0 Å². The van der Waals surface area contributed by atoms with Crippen LogP contribution in [0.4, 0.5) is 0 Å². The van der Waals surface area contributed by atoms with Crippen molar-refractivity contribution in [2.24, 2.45) is 0 Å². The molecule has 0 spiro atoms. The highest BCUT2D eigenvalue weighted by Crippen LogP contribution is 2.15. The van der Waals surface area contributed by atoms with Gasteiger partial charge in [-0.15, -0.1) is 0 Å². The van der Waals surface area contributed by atoms with Gasteiger partial charge in [-0.25, -0.2) is 0 Å². The largest absolute Gasteiger partial charge is 0.476 e. The van der Waals surface area contributed by atoms with Crippen LogP contribution in [-0.2, 0) is 8.23 Å². The zero-order valence-corrected chi connectivity index (χ0v) is 17.7. The lowest BCUT2D eigenvalue weighted by Crippen LogP contribution is -2.44. The second kappa shape index (κ2) is 11.6. The van der Waals surface area contributed by atoms with Gasteiger partial charge in [-0.05, 0) is 34.1 Å². The van der Waals surface area contributed by atoms with E-state index in [2.05, 4.69) is 46.0 Å². The first-order valence-corrected chi connectivity index (χ1v) is 12.4. The van der Waals surface area contributed by atoms with Crippen molar-refractivity contribution in [2.75, 3.05) is 0 Å². The van der Waals surface area contributed by atoms with Crippen molar-refractivity contribution in [3.8, 4) is 0 Å². The zero-order valence-electron chi connectivity index (χ0n) is 13.9. The van der Waals surface area contributed by atoms with Crippen LogP contribution in [0.25, 0.3) is 0 Å². The van der Waals surface area contributed by atoms with Crippen LogP contribution in [-0.4, -0.2) is 33.1 Å². The van der Waals surface area contributed by atoms with Gasteiger partial charge in [0.05, 0.1) is 0 Å². The molecule has 0 aromatic rings. The van der Waals surface area contributed by atoms with Crippen LogP contribution in [0.2, 0.25) is 6.04 Å². The summed E-state index contributed by atoms with van der Waals surface area (Å²) in [5.41, 5.74) is 6.80. The summed E-state index contributed by atoms with van der Waals surface area (Å²) < 4.78 is 11.7. The molecule has 0 aliphatic carbocycles. The molecule has 0 aromatic carbocycles. The fourth-order valence-electron chi connectivity index (χ4n) is 1.64. The Morgan fingerprint density at radius 2 is 1.45 bits per heavy atom. The zero-order chi connectivity index (χ0) is 15.4. The average Bonchev–Trinajstić information content (AvgIpc) is 2.34. The van der Waals surface area contributed by atoms with Gasteiger partial charge in [-0.2, -0.15) is 0 Å². The molecule has 0 heterocycles. The molecule has 6 heteroatoms. The quantitative estimate of drug-likeness (QED) is 0.467. The fourth-order valence-corrected chi connectivity index (χ4v) is 7.99. The Labute approximate surface area is 130 Å². The summed E-state index contributed by atoms with van der Waals surface area (Å²) in [6, 6.07) is 0.722. The van der Waals surface area contributed by atoms with Gasteiger partial charge in [0.2, 0.25) is 0 Å². The van der Waals surface area contributed by atoms with E-state index in [-0.39, 0.29) is 0 Å². The summed E-state index contributed by atoms with van der Waals surface area (Å²) in [4.78, 5) is 10.6. The first kappa shape index (κ1) is 20.0. The predicted octanol–water partition coefficient (Wildman–Crippen LogP) is 2.55. The third kappa shape index (κ3) is 11.8. The van der Waals surface area contributed by atoms with Crippen LogP contribution < -0.4 is 0 Å². The predicted molar refractivity (Wildman–Crippen MR) is 95.0 cm³/mol. The van der Waals surface area contributed by atoms with Crippen molar-refractivity contribution >= 4 is 28.3 Å². The third-order valence-corrected chi connectivity index (χ3v) is 10.8. The van der Waals surface area contributed by atoms with Crippen molar-refractivity contribution in [2.45, 2.75) is 66.3 Å². The van der Waals surface area contributed by atoms with E-state index in [0.29, 0.717) is 0 Å². The van der Waals surface area contributed by atoms with E-state index < -0.39 is 28.3 Å². The molecule has 0 rings (SSSR count). The molecule has 0 atom stereocenters. The first-order valence-electron chi connectivity index (χ1n) is 7.66. The highest BCUT2D eigenvalue weighted by atomic mass is 28.4. The molecule has 118 valence electrons. The van der Waals surface area contributed by atoms with Crippen LogP contribution in [0.1, 0.15) is 60.3 Å². The lowest BCUT2D eigenvalue weighted by Gasteiger charge is -2.24. The molecule has 0 aliphatic rings. The molecule has 0 unspecified atom stereocenters. The maximum Gasteiger partial charge on any atom is 0.476 e. The summed E-state index contributed by atoms with van der Waals surface area (Å²) in [6.45, 7) is 10.5. The van der Waals surface area contributed by atoms with Gasteiger partial charge in [0.25, 0.3) is 0 Å². The summed E-state index contributed by atoms with van der Waals surface area (Å²) in [5.74, 6) is 0. The van der Waals surface area contributed by atoms with Gasteiger partial charge in [0, 0.05) is 6.04 Å². The Morgan fingerprint density at radius 1 is 0.950 bits per heavy atom. The maximum absolute atomic E-state index is 10.6. The molecule has 0 aliphatic heterocycles. The lowest BCUT2D eigenvalue weighted by molar-refractivity contribution is 0.262. The van der Waals surface area contributed by atoms with E-state index in [1.807, 2.05) is 0 Å². The fraction of sp³-hybridized carbons (Fsp3) is 0.714. The van der Waals surface area contributed by atoms with Gasteiger partial charge < -0.3 is 13.0 Å². The molecular formula is C14H32O3Si3. The molecule has 0 saturated heterocycles. The average molecular weight is 333 g/mol. The summed E-state index contributed by atoms with van der Waals surface area (Å²) in [7, 11) is -4.50. The van der Waals surface area contributed by atoms with Gasteiger partial charge in [0.1, 0.15) is 0 Å². The minimum absolute atomic E-state index is 0.722. The molecule has 0 bridgehead atoms. The van der Waals surface area contributed by atoms with Crippen molar-refractivity contribution in [1.29, 1.82) is 0 Å². The molecule has 1 N–H and O–H groups in total. The lowest BCUT2D eigenvalue weighted by atomic mass is 10.2. The van der Waals surface area contributed by atoms with Gasteiger partial charge in [-0.3, -0.25) is 0 Å². The van der Waals surface area contributed by atoms with E-state index in [0.717, 1.165) is 18.9 Å². The second-order valence-electron chi connectivity index (χ2n) is 5.71. The van der Waals surface area contributed by atoms with Gasteiger partial charge in [0.15, 0.2) is 19.5 Å². The topological polar surface area (TPSA) is 38.7 Å². The number of unbranched alkanes of at least 4 members (excludes halogenated alkanes) is 3. The molecule has 0 fully saturated rings. The molecule has 0 saturated carbocycles. The van der Waals surface area contributed by atoms with Crippen LogP contribution >= 0.6 is 0 Å². The Hall–Kier alpha value is 0.0106. The monoisotopic (exact) mass is 332 g/mol. The van der Waals surface area contributed by atoms with Crippen LogP contribution in [0, 0.1) is 0 Å². The number of hydrogen-bond donors (Lipinski definition) is 1. The minimum Gasteiger partial charge on any atom is -0.418 e. The van der Waals surface area contributed by atoms with Crippen molar-refractivity contribution in [1.82, 2.24) is 0 Å². The van der Waals surface area contributed by atoms with Crippen molar-refractivity contribution in [3.05, 3.63) is 22.5 Å². The van der Waals surface area contributed by atoms with E-state index in [1.54, 1.807) is 0 Å². The molecule has 3 nitrogen and oxygen atoms in total. The molecule has 20 heavy (non-hydrogen) atoms. The van der Waals surface area contributed by atoms with Crippen LogP contribution in [0.3, 0.4) is 0 Å². The summed E-state index contributed by atoms with van der Waals surface area (Å²) in [5, 5.41) is 0. The highest BCUT2D eigenvalue weighted by Gasteiger charge is 2.34. The minimum atomic E-state index is -2.90. The Bertz CT molecular complexity index is 287. The second-order valence-corrected chi connectivity index (χ2v) is 11.4. The summed E-state index contributed by atoms with van der Waals surface area (Å²) in [6.07, 6.45) is 4.61. The van der Waals surface area contributed by atoms with Crippen molar-refractivity contribution < 1.29 is 13.0 Å². The Kier molecular flexibility index (Phi) is 11.7. The maximum atomic E-state index is 10.6. The van der Waals surface area contributed by atoms with E-state index in [4.69, 9.17) is 8.23 Å². The third-order valence-electron chi connectivity index (χ3n) is 2.95. The Balaban J connectivity index is 4.33. The standard InChI is InChI=1S/C14H32O3Si3/c1-6-7-8-9-10-20(15,16-18-11-13(2)3)17-19-12-14(4)5/h11-12,15H,6-10,18-19H2,1-5H3. The normalized spacial score (nSPS) is 14.9. The highest BCUT2D eigenvalue weighted by molar-refractivity contribution is 6.70. The van der Waals surface area contributed by atoms with Gasteiger partial charge >= 0.3 is 8.80 Å². The smallest absolute Gasteiger partial charge is 0.418 e. The van der Waals surface area contributed by atoms with E-state index in [1.165, 1.54) is 24.0 Å². The first-order chi connectivity index (χ1) is 9.39. The van der Waals surface area contributed by atoms with E-state index in [9.17, 15) is 4.80 Å². The number of hydrogen-bond acceptors (Lipinski definition) is 3. The van der Waals surface area contributed by atoms with Crippen LogP contribution in [0.5, 0.6) is 0 Å².